The molecule has 1 aliphatic rings. The van der Waals surface area contributed by atoms with E-state index in [0.717, 1.165) is 43.4 Å². The molecule has 1 aromatic carbocycles. The Bertz CT molecular complexity index is 726. The van der Waals surface area contributed by atoms with E-state index >= 15 is 0 Å². The fourth-order valence-electron chi connectivity index (χ4n) is 2.92. The van der Waals surface area contributed by atoms with Crippen molar-refractivity contribution in [1.29, 1.82) is 0 Å². The zero-order valence-corrected chi connectivity index (χ0v) is 15.3. The van der Waals surface area contributed by atoms with Gasteiger partial charge in [-0.1, -0.05) is 12.1 Å². The lowest BCUT2D eigenvalue weighted by molar-refractivity contribution is -0.274. The summed E-state index contributed by atoms with van der Waals surface area (Å²) in [7, 11) is 3.84. The molecule has 0 spiro atoms. The summed E-state index contributed by atoms with van der Waals surface area (Å²) in [6, 6.07) is 9.94. The lowest BCUT2D eigenvalue weighted by Crippen LogP contribution is -2.46. The molecule has 0 atom stereocenters. The van der Waals surface area contributed by atoms with Crippen molar-refractivity contribution in [2.45, 2.75) is 12.9 Å². The van der Waals surface area contributed by atoms with Gasteiger partial charge in [-0.3, -0.25) is 4.90 Å². The van der Waals surface area contributed by atoms with Crippen LogP contribution in [0.15, 0.2) is 36.4 Å². The number of halogens is 3. The predicted octanol–water partition coefficient (Wildman–Crippen LogP) is 2.76. The number of ether oxygens (including phenoxy) is 1. The van der Waals surface area contributed by atoms with E-state index in [1.54, 1.807) is 12.1 Å². The molecule has 9 heteroatoms. The standard InChI is InChI=1S/C18H22F3N5O/c1-24(2)16-7-8-17(23-22-16)26-11-9-25(10-12-26)13-14-3-5-15(6-4-14)27-18(19,20)21/h3-8H,9-13H2,1-2H3. The first-order chi connectivity index (χ1) is 12.8. The van der Waals surface area contributed by atoms with Crippen LogP contribution in [0.2, 0.25) is 0 Å². The van der Waals surface area contributed by atoms with Gasteiger partial charge in [0.05, 0.1) is 0 Å². The van der Waals surface area contributed by atoms with E-state index in [1.165, 1.54) is 12.1 Å². The number of anilines is 2. The topological polar surface area (TPSA) is 44.7 Å². The molecular weight excluding hydrogens is 359 g/mol. The molecule has 1 aromatic heterocycles. The minimum atomic E-state index is -4.66. The molecule has 0 aliphatic carbocycles. The van der Waals surface area contributed by atoms with Crippen LogP contribution in [0.1, 0.15) is 5.56 Å². The fourth-order valence-corrected chi connectivity index (χ4v) is 2.92. The van der Waals surface area contributed by atoms with Crippen LogP contribution in [-0.2, 0) is 6.54 Å². The molecule has 2 aromatic rings. The van der Waals surface area contributed by atoms with E-state index in [1.807, 2.05) is 31.1 Å². The van der Waals surface area contributed by atoms with Gasteiger partial charge < -0.3 is 14.5 Å². The minimum absolute atomic E-state index is 0.198. The minimum Gasteiger partial charge on any atom is -0.406 e. The highest BCUT2D eigenvalue weighted by Gasteiger charge is 2.31. The number of hydrogen-bond acceptors (Lipinski definition) is 6. The number of aromatic nitrogens is 2. The Hall–Kier alpha value is -2.55. The third-order valence-electron chi connectivity index (χ3n) is 4.35. The van der Waals surface area contributed by atoms with Crippen molar-refractivity contribution < 1.29 is 17.9 Å². The van der Waals surface area contributed by atoms with E-state index in [4.69, 9.17) is 0 Å². The number of hydrogen-bond donors (Lipinski definition) is 0. The van der Waals surface area contributed by atoms with Crippen LogP contribution in [0.5, 0.6) is 5.75 Å². The van der Waals surface area contributed by atoms with E-state index in [0.29, 0.717) is 6.54 Å². The number of rotatable bonds is 5. The van der Waals surface area contributed by atoms with Crippen molar-refractivity contribution in [3.8, 4) is 5.75 Å². The highest BCUT2D eigenvalue weighted by Crippen LogP contribution is 2.23. The molecule has 0 amide bonds. The average molecular weight is 381 g/mol. The van der Waals surface area contributed by atoms with E-state index in [2.05, 4.69) is 24.7 Å². The summed E-state index contributed by atoms with van der Waals surface area (Å²) < 4.78 is 40.5. The van der Waals surface area contributed by atoms with Gasteiger partial charge in [-0.05, 0) is 29.8 Å². The number of piperazine rings is 1. The lowest BCUT2D eigenvalue weighted by Gasteiger charge is -2.35. The molecule has 0 N–H and O–H groups in total. The molecule has 2 heterocycles. The Kier molecular flexibility index (Phi) is 5.69. The molecule has 1 saturated heterocycles. The highest BCUT2D eigenvalue weighted by atomic mass is 19.4. The maximum Gasteiger partial charge on any atom is 0.573 e. The van der Waals surface area contributed by atoms with Gasteiger partial charge in [0.25, 0.3) is 0 Å². The summed E-state index contributed by atoms with van der Waals surface area (Å²) in [5.74, 6) is 1.47. The number of alkyl halides is 3. The first-order valence-corrected chi connectivity index (χ1v) is 8.63. The second-order valence-corrected chi connectivity index (χ2v) is 6.60. The van der Waals surface area contributed by atoms with Crippen LogP contribution < -0.4 is 14.5 Å². The van der Waals surface area contributed by atoms with Crippen molar-refractivity contribution in [1.82, 2.24) is 15.1 Å². The second kappa shape index (κ2) is 7.99. The molecular formula is C18H22F3N5O. The lowest BCUT2D eigenvalue weighted by atomic mass is 10.2. The van der Waals surface area contributed by atoms with Gasteiger partial charge in [0.15, 0.2) is 11.6 Å². The molecule has 0 bridgehead atoms. The van der Waals surface area contributed by atoms with Crippen LogP contribution in [0.25, 0.3) is 0 Å². The smallest absolute Gasteiger partial charge is 0.406 e. The van der Waals surface area contributed by atoms with E-state index < -0.39 is 6.36 Å². The maximum atomic E-state index is 12.2. The van der Waals surface area contributed by atoms with Gasteiger partial charge in [0, 0.05) is 46.8 Å². The largest absolute Gasteiger partial charge is 0.573 e. The van der Waals surface area contributed by atoms with Gasteiger partial charge >= 0.3 is 6.36 Å². The summed E-state index contributed by atoms with van der Waals surface area (Å²) in [6.45, 7) is 4.03. The van der Waals surface area contributed by atoms with Crippen LogP contribution >= 0.6 is 0 Å². The molecule has 0 unspecified atom stereocenters. The SMILES string of the molecule is CN(C)c1ccc(N2CCN(Cc3ccc(OC(F)(F)F)cc3)CC2)nn1. The van der Waals surface area contributed by atoms with Crippen molar-refractivity contribution in [3.63, 3.8) is 0 Å². The summed E-state index contributed by atoms with van der Waals surface area (Å²) >= 11 is 0. The second-order valence-electron chi connectivity index (χ2n) is 6.60. The molecule has 0 saturated carbocycles. The van der Waals surface area contributed by atoms with Crippen LogP contribution in [0.4, 0.5) is 24.8 Å². The predicted molar refractivity (Wildman–Crippen MR) is 97.0 cm³/mol. The molecule has 1 aliphatic heterocycles. The molecule has 3 rings (SSSR count). The summed E-state index contributed by atoms with van der Waals surface area (Å²) in [6.07, 6.45) is -4.66. The molecule has 0 radical (unpaired) electrons. The van der Waals surface area contributed by atoms with Gasteiger partial charge in [0.2, 0.25) is 0 Å². The normalized spacial score (nSPS) is 15.7. The number of nitrogens with zero attached hydrogens (tertiary/aromatic N) is 5. The van der Waals surface area contributed by atoms with Crippen LogP contribution in [-0.4, -0.2) is 61.7 Å². The fraction of sp³-hybridized carbons (Fsp3) is 0.444. The maximum absolute atomic E-state index is 12.2. The molecule has 6 nitrogen and oxygen atoms in total. The highest BCUT2D eigenvalue weighted by molar-refractivity contribution is 5.44. The summed E-state index contributed by atoms with van der Waals surface area (Å²) in [4.78, 5) is 6.35. The zero-order valence-electron chi connectivity index (χ0n) is 15.3. The Balaban J connectivity index is 1.50. The monoisotopic (exact) mass is 381 g/mol. The van der Waals surface area contributed by atoms with Crippen molar-refractivity contribution in [3.05, 3.63) is 42.0 Å². The van der Waals surface area contributed by atoms with Crippen molar-refractivity contribution >= 4 is 11.6 Å². The van der Waals surface area contributed by atoms with E-state index in [9.17, 15) is 13.2 Å². The van der Waals surface area contributed by atoms with Gasteiger partial charge in [-0.15, -0.1) is 23.4 Å². The average Bonchev–Trinajstić information content (AvgIpc) is 2.63. The number of benzene rings is 1. The Morgan fingerprint density at radius 2 is 1.63 bits per heavy atom. The first kappa shape index (κ1) is 19.2. The zero-order chi connectivity index (χ0) is 19.4. The van der Waals surface area contributed by atoms with Gasteiger partial charge in [0.1, 0.15) is 5.75 Å². The van der Waals surface area contributed by atoms with Crippen LogP contribution in [0, 0.1) is 0 Å². The Morgan fingerprint density at radius 1 is 0.963 bits per heavy atom. The molecule has 27 heavy (non-hydrogen) atoms. The molecule has 146 valence electrons. The third-order valence-corrected chi connectivity index (χ3v) is 4.35. The Morgan fingerprint density at radius 3 is 2.15 bits per heavy atom. The third kappa shape index (κ3) is 5.46. The van der Waals surface area contributed by atoms with E-state index in [-0.39, 0.29) is 5.75 Å². The van der Waals surface area contributed by atoms with Gasteiger partial charge in [-0.2, -0.15) is 0 Å². The summed E-state index contributed by atoms with van der Waals surface area (Å²) in [5.41, 5.74) is 0.952. The first-order valence-electron chi connectivity index (χ1n) is 8.63. The van der Waals surface area contributed by atoms with Crippen molar-refractivity contribution in [2.24, 2.45) is 0 Å². The quantitative estimate of drug-likeness (QED) is 0.794. The Labute approximate surface area is 156 Å². The van der Waals surface area contributed by atoms with Crippen molar-refractivity contribution in [2.75, 3.05) is 50.1 Å². The summed E-state index contributed by atoms with van der Waals surface area (Å²) in [5, 5.41) is 8.48. The van der Waals surface area contributed by atoms with Gasteiger partial charge in [-0.25, -0.2) is 0 Å². The molecule has 1 fully saturated rings. The van der Waals surface area contributed by atoms with Crippen LogP contribution in [0.3, 0.4) is 0 Å².